The highest BCUT2D eigenvalue weighted by atomic mass is 32.2. The second kappa shape index (κ2) is 7.16. The molecule has 2 heterocycles. The van der Waals surface area contributed by atoms with E-state index in [-0.39, 0.29) is 11.3 Å². The van der Waals surface area contributed by atoms with Crippen LogP contribution in [-0.2, 0) is 11.2 Å². The number of amides is 1. The Morgan fingerprint density at radius 1 is 1.08 bits per heavy atom. The van der Waals surface area contributed by atoms with Crippen LogP contribution in [0.3, 0.4) is 0 Å². The Hall–Kier alpha value is -1.52. The number of benzene rings is 2. The van der Waals surface area contributed by atoms with Crippen LogP contribution in [0, 0.1) is 0 Å². The number of carbonyl (C=O) groups excluding carboxylic acids is 1. The summed E-state index contributed by atoms with van der Waals surface area (Å²) in [5, 5.41) is 5.79. The van der Waals surface area contributed by atoms with Gasteiger partial charge < -0.3 is 10.2 Å². The van der Waals surface area contributed by atoms with E-state index in [1.807, 2.05) is 0 Å². The third-order valence-electron chi connectivity index (χ3n) is 5.11. The number of carbonyl (C=O) groups is 1. The highest BCUT2D eigenvalue weighted by Gasteiger charge is 2.25. The van der Waals surface area contributed by atoms with Crippen LogP contribution < -0.4 is 5.32 Å². The normalized spacial score (nSPS) is 22.0. The molecule has 1 atom stereocenters. The molecule has 0 bridgehead atoms. The van der Waals surface area contributed by atoms with E-state index >= 15 is 0 Å². The van der Waals surface area contributed by atoms with Crippen molar-refractivity contribution in [3.8, 4) is 0 Å². The zero-order chi connectivity index (χ0) is 16.4. The first-order chi connectivity index (χ1) is 11.8. The molecule has 2 aliphatic heterocycles. The van der Waals surface area contributed by atoms with E-state index in [2.05, 4.69) is 46.6 Å². The minimum Gasteiger partial charge on any atom is -0.339 e. The number of hydrogen-bond donors (Lipinski definition) is 1. The summed E-state index contributed by atoms with van der Waals surface area (Å²) in [5.41, 5.74) is 2.68. The van der Waals surface area contributed by atoms with Crippen molar-refractivity contribution in [3.63, 3.8) is 0 Å². The van der Waals surface area contributed by atoms with Gasteiger partial charge in [-0.3, -0.25) is 4.79 Å². The van der Waals surface area contributed by atoms with Gasteiger partial charge in [-0.05, 0) is 60.3 Å². The van der Waals surface area contributed by atoms with E-state index in [1.165, 1.54) is 54.3 Å². The summed E-state index contributed by atoms with van der Waals surface area (Å²) in [6, 6.07) is 13.1. The van der Waals surface area contributed by atoms with Gasteiger partial charge in [-0.2, -0.15) is 0 Å². The number of nitrogens with zero attached hydrogens (tertiary/aromatic N) is 1. The van der Waals surface area contributed by atoms with Crippen molar-refractivity contribution in [2.45, 2.75) is 31.1 Å². The van der Waals surface area contributed by atoms with Crippen molar-refractivity contribution >= 4 is 28.4 Å². The van der Waals surface area contributed by atoms with Crippen LogP contribution in [0.2, 0.25) is 0 Å². The van der Waals surface area contributed by atoms with Gasteiger partial charge in [-0.1, -0.05) is 36.8 Å². The molecule has 2 aromatic rings. The Bertz CT molecular complexity index is 739. The fourth-order valence-corrected chi connectivity index (χ4v) is 4.80. The predicted molar refractivity (Wildman–Crippen MR) is 101 cm³/mol. The maximum atomic E-state index is 11.7. The van der Waals surface area contributed by atoms with E-state index in [9.17, 15) is 4.79 Å². The van der Waals surface area contributed by atoms with Crippen molar-refractivity contribution in [3.05, 3.63) is 47.5 Å². The third-order valence-corrected chi connectivity index (χ3v) is 6.24. The third kappa shape index (κ3) is 3.45. The predicted octanol–water partition coefficient (Wildman–Crippen LogP) is 3.73. The minimum absolute atomic E-state index is 0.110. The average molecular weight is 340 g/mol. The van der Waals surface area contributed by atoms with Crippen LogP contribution in [0.15, 0.2) is 36.4 Å². The molecule has 1 N–H and O–H groups in total. The smallest absolute Gasteiger partial charge is 0.231 e. The molecule has 4 rings (SSSR count). The number of rotatable bonds is 4. The summed E-state index contributed by atoms with van der Waals surface area (Å²) >= 11 is 1.71. The monoisotopic (exact) mass is 340 g/mol. The Kier molecular flexibility index (Phi) is 4.76. The molecule has 24 heavy (non-hydrogen) atoms. The molecule has 1 amide bonds. The first kappa shape index (κ1) is 16.0. The number of nitrogens with one attached hydrogen (secondary N) is 1. The molecule has 0 saturated carbocycles. The maximum Gasteiger partial charge on any atom is 0.231 e. The van der Waals surface area contributed by atoms with Gasteiger partial charge in [0.1, 0.15) is 5.37 Å². The average Bonchev–Trinajstić information content (AvgIpc) is 3.06. The number of thioether (sulfide) groups is 1. The first-order valence-electron chi connectivity index (χ1n) is 8.94. The highest BCUT2D eigenvalue weighted by Crippen LogP contribution is 2.35. The standard InChI is InChI=1S/C20H24N2OS/c23-19-14-24-20(21-19)18-13-16-7-3-2-6-15(16)12-17(18)8-11-22-9-4-1-5-10-22/h2-3,6-7,12-13,20H,1,4-5,8-11,14H2,(H,21,23). The van der Waals surface area contributed by atoms with Gasteiger partial charge in [0.2, 0.25) is 5.91 Å². The second-order valence-corrected chi connectivity index (χ2v) is 7.90. The molecule has 4 heteroatoms. The molecule has 3 nitrogen and oxygen atoms in total. The molecule has 0 spiro atoms. The summed E-state index contributed by atoms with van der Waals surface area (Å²) in [6.07, 6.45) is 5.10. The summed E-state index contributed by atoms with van der Waals surface area (Å²) < 4.78 is 0. The maximum absolute atomic E-state index is 11.7. The van der Waals surface area contributed by atoms with Crippen molar-refractivity contribution in [2.24, 2.45) is 0 Å². The van der Waals surface area contributed by atoms with E-state index in [0.717, 1.165) is 13.0 Å². The molecule has 2 aromatic carbocycles. The van der Waals surface area contributed by atoms with E-state index in [4.69, 9.17) is 0 Å². The lowest BCUT2D eigenvalue weighted by Gasteiger charge is -2.27. The summed E-state index contributed by atoms with van der Waals surface area (Å²) in [7, 11) is 0. The van der Waals surface area contributed by atoms with Crippen LogP contribution in [0.4, 0.5) is 0 Å². The number of hydrogen-bond acceptors (Lipinski definition) is 3. The van der Waals surface area contributed by atoms with Gasteiger partial charge in [0.05, 0.1) is 5.75 Å². The minimum atomic E-state index is 0.110. The zero-order valence-corrected chi connectivity index (χ0v) is 14.8. The Morgan fingerprint density at radius 3 is 2.54 bits per heavy atom. The van der Waals surface area contributed by atoms with Gasteiger partial charge in [-0.25, -0.2) is 0 Å². The fourth-order valence-electron chi connectivity index (χ4n) is 3.78. The molecule has 2 saturated heterocycles. The largest absolute Gasteiger partial charge is 0.339 e. The van der Waals surface area contributed by atoms with Crippen LogP contribution in [0.1, 0.15) is 35.8 Å². The quantitative estimate of drug-likeness (QED) is 0.920. The van der Waals surface area contributed by atoms with Gasteiger partial charge in [0.25, 0.3) is 0 Å². The molecule has 0 aliphatic carbocycles. The van der Waals surface area contributed by atoms with Crippen LogP contribution in [-0.4, -0.2) is 36.2 Å². The Balaban J connectivity index is 1.61. The highest BCUT2D eigenvalue weighted by molar-refractivity contribution is 8.00. The molecule has 126 valence electrons. The molecule has 2 aliphatic rings. The van der Waals surface area contributed by atoms with E-state index in [0.29, 0.717) is 5.75 Å². The van der Waals surface area contributed by atoms with Crippen molar-refractivity contribution < 1.29 is 4.79 Å². The van der Waals surface area contributed by atoms with Crippen LogP contribution in [0.25, 0.3) is 10.8 Å². The molecular formula is C20H24N2OS. The topological polar surface area (TPSA) is 32.3 Å². The van der Waals surface area contributed by atoms with Gasteiger partial charge in [-0.15, -0.1) is 11.8 Å². The summed E-state index contributed by atoms with van der Waals surface area (Å²) in [5.74, 6) is 0.725. The summed E-state index contributed by atoms with van der Waals surface area (Å²) in [6.45, 7) is 3.59. The Labute approximate surface area is 147 Å². The number of piperidine rings is 1. The van der Waals surface area contributed by atoms with Gasteiger partial charge in [0, 0.05) is 6.54 Å². The summed E-state index contributed by atoms with van der Waals surface area (Å²) in [4.78, 5) is 14.3. The van der Waals surface area contributed by atoms with Gasteiger partial charge in [0.15, 0.2) is 0 Å². The van der Waals surface area contributed by atoms with Crippen molar-refractivity contribution in [1.82, 2.24) is 10.2 Å². The lowest BCUT2D eigenvalue weighted by molar-refractivity contribution is -0.118. The fraction of sp³-hybridized carbons (Fsp3) is 0.450. The Morgan fingerprint density at radius 2 is 1.83 bits per heavy atom. The first-order valence-corrected chi connectivity index (χ1v) is 9.99. The molecular weight excluding hydrogens is 316 g/mol. The lowest BCUT2D eigenvalue weighted by Crippen LogP contribution is -2.31. The second-order valence-electron chi connectivity index (χ2n) is 6.81. The molecule has 0 aromatic heterocycles. The van der Waals surface area contributed by atoms with Crippen molar-refractivity contribution in [1.29, 1.82) is 0 Å². The SMILES string of the molecule is O=C1CSC(c2cc3ccccc3cc2CCN2CCCCC2)N1. The molecule has 2 fully saturated rings. The molecule has 1 unspecified atom stereocenters. The molecule has 0 radical (unpaired) electrons. The van der Waals surface area contributed by atoms with E-state index < -0.39 is 0 Å². The van der Waals surface area contributed by atoms with E-state index in [1.54, 1.807) is 11.8 Å². The lowest BCUT2D eigenvalue weighted by atomic mass is 9.98. The van der Waals surface area contributed by atoms with Crippen molar-refractivity contribution in [2.75, 3.05) is 25.4 Å². The number of fused-ring (bicyclic) bond motifs is 1. The van der Waals surface area contributed by atoms with Gasteiger partial charge >= 0.3 is 0 Å². The zero-order valence-electron chi connectivity index (χ0n) is 14.0. The van der Waals surface area contributed by atoms with Crippen LogP contribution in [0.5, 0.6) is 0 Å². The van der Waals surface area contributed by atoms with Crippen LogP contribution >= 0.6 is 11.8 Å². The number of likely N-dealkylation sites (tertiary alicyclic amines) is 1.